The normalized spacial score (nSPS) is 21.3. The molecule has 122 valence electrons. The number of nitrogen functional groups attached to an aromatic ring is 1. The number of ether oxygens (including phenoxy) is 1. The molecule has 2 saturated heterocycles. The molecule has 9 nitrogen and oxygen atoms in total. The molecule has 3 N–H and O–H groups in total. The number of nitrogens with two attached hydrogens (primary N) is 1. The van der Waals surface area contributed by atoms with Gasteiger partial charge in [-0.3, -0.25) is 4.79 Å². The topological polar surface area (TPSA) is 113 Å². The van der Waals surface area contributed by atoms with E-state index in [4.69, 9.17) is 10.5 Å². The molecule has 4 heterocycles. The molecule has 0 aromatic carbocycles. The van der Waals surface area contributed by atoms with Crippen LogP contribution >= 0.6 is 0 Å². The molecule has 2 fully saturated rings. The quantitative estimate of drug-likeness (QED) is 0.746. The zero-order valence-corrected chi connectivity index (χ0v) is 12.9. The number of carbonyl (C=O) groups is 1. The summed E-state index contributed by atoms with van der Waals surface area (Å²) in [7, 11) is 1.83. The van der Waals surface area contributed by atoms with Gasteiger partial charge in [0.25, 0.3) is 0 Å². The second-order valence-corrected chi connectivity index (χ2v) is 6.22. The molecule has 2 aromatic rings. The fourth-order valence-corrected chi connectivity index (χ4v) is 3.38. The van der Waals surface area contributed by atoms with Crippen LogP contribution in [-0.4, -0.2) is 69.6 Å². The van der Waals surface area contributed by atoms with E-state index in [0.717, 1.165) is 37.3 Å². The highest BCUT2D eigenvalue weighted by atomic mass is 16.5. The van der Waals surface area contributed by atoms with Gasteiger partial charge in [-0.05, 0) is 12.8 Å². The smallest absolute Gasteiger partial charge is 0.248 e. The lowest BCUT2D eigenvalue weighted by atomic mass is 9.89. The van der Waals surface area contributed by atoms with Crippen LogP contribution in [0.5, 0.6) is 0 Å². The largest absolute Gasteiger partial charge is 0.368 e. The molecular formula is C14H19N7O2. The average Bonchev–Trinajstić information content (AvgIpc) is 3.00. The second kappa shape index (κ2) is 5.05. The number of hydrogen-bond donors (Lipinski definition) is 2. The number of nitrogens with one attached hydrogen (secondary N) is 1. The van der Waals surface area contributed by atoms with Crippen LogP contribution in [0, 0.1) is 0 Å². The number of aromatic amines is 1. The minimum Gasteiger partial charge on any atom is -0.368 e. The average molecular weight is 317 g/mol. The van der Waals surface area contributed by atoms with E-state index in [0.29, 0.717) is 12.2 Å². The van der Waals surface area contributed by atoms with Crippen molar-refractivity contribution in [2.24, 2.45) is 0 Å². The van der Waals surface area contributed by atoms with Gasteiger partial charge < -0.3 is 25.3 Å². The van der Waals surface area contributed by atoms with Crippen LogP contribution in [0.2, 0.25) is 0 Å². The van der Waals surface area contributed by atoms with Crippen molar-refractivity contribution >= 4 is 28.8 Å². The Labute approximate surface area is 132 Å². The van der Waals surface area contributed by atoms with Crippen LogP contribution in [-0.2, 0) is 9.53 Å². The summed E-state index contributed by atoms with van der Waals surface area (Å²) in [4.78, 5) is 31.3. The molecule has 2 aromatic heterocycles. The number of rotatable bonds is 1. The molecule has 0 unspecified atom stereocenters. The van der Waals surface area contributed by atoms with E-state index in [1.54, 1.807) is 11.2 Å². The fraction of sp³-hybridized carbons (Fsp3) is 0.571. The number of fused-ring (bicyclic) bond motifs is 1. The monoisotopic (exact) mass is 317 g/mol. The van der Waals surface area contributed by atoms with Crippen LogP contribution in [0.25, 0.3) is 11.2 Å². The third-order valence-corrected chi connectivity index (χ3v) is 4.71. The Morgan fingerprint density at radius 3 is 2.87 bits per heavy atom. The lowest BCUT2D eigenvalue weighted by Crippen LogP contribution is -2.57. The molecule has 9 heteroatoms. The lowest BCUT2D eigenvalue weighted by Gasteiger charge is -2.46. The van der Waals surface area contributed by atoms with Crippen molar-refractivity contribution in [3.05, 3.63) is 6.33 Å². The van der Waals surface area contributed by atoms with Gasteiger partial charge in [0.05, 0.1) is 11.9 Å². The van der Waals surface area contributed by atoms with Gasteiger partial charge in [0.1, 0.15) is 12.1 Å². The molecule has 1 amide bonds. The number of piperidine rings is 1. The van der Waals surface area contributed by atoms with E-state index in [1.807, 2.05) is 7.05 Å². The van der Waals surface area contributed by atoms with E-state index in [1.165, 1.54) is 0 Å². The molecule has 1 spiro atoms. The third-order valence-electron chi connectivity index (χ3n) is 4.71. The zero-order chi connectivity index (χ0) is 16.0. The zero-order valence-electron chi connectivity index (χ0n) is 12.9. The van der Waals surface area contributed by atoms with Crippen LogP contribution < -0.4 is 10.6 Å². The maximum atomic E-state index is 11.6. The Morgan fingerprint density at radius 2 is 2.13 bits per heavy atom. The van der Waals surface area contributed by atoms with Gasteiger partial charge in [-0.15, -0.1) is 0 Å². The van der Waals surface area contributed by atoms with Crippen LogP contribution in [0.15, 0.2) is 6.33 Å². The SMILES string of the molecule is CN1CC2(CCN(c3nc(N)nc4nc[nH]c34)CC2)OCC1=O. The molecule has 0 radical (unpaired) electrons. The van der Waals surface area contributed by atoms with Gasteiger partial charge in [-0.25, -0.2) is 4.98 Å². The Balaban J connectivity index is 1.55. The van der Waals surface area contributed by atoms with E-state index in [-0.39, 0.29) is 24.1 Å². The van der Waals surface area contributed by atoms with Gasteiger partial charge in [-0.2, -0.15) is 9.97 Å². The van der Waals surface area contributed by atoms with Gasteiger partial charge >= 0.3 is 0 Å². The molecule has 2 aliphatic rings. The van der Waals surface area contributed by atoms with Gasteiger partial charge in [0.2, 0.25) is 11.9 Å². The van der Waals surface area contributed by atoms with Crippen molar-refractivity contribution in [3.8, 4) is 0 Å². The summed E-state index contributed by atoms with van der Waals surface area (Å²) in [5.41, 5.74) is 6.92. The Bertz CT molecular complexity index is 751. The fourth-order valence-electron chi connectivity index (χ4n) is 3.38. The summed E-state index contributed by atoms with van der Waals surface area (Å²) in [6.07, 6.45) is 3.27. The second-order valence-electron chi connectivity index (χ2n) is 6.22. The highest BCUT2D eigenvalue weighted by Gasteiger charge is 2.41. The van der Waals surface area contributed by atoms with E-state index >= 15 is 0 Å². The van der Waals surface area contributed by atoms with Crippen molar-refractivity contribution < 1.29 is 9.53 Å². The summed E-state index contributed by atoms with van der Waals surface area (Å²) in [5, 5.41) is 0. The minimum absolute atomic E-state index is 0.0424. The number of anilines is 2. The number of H-pyrrole nitrogens is 1. The number of nitrogens with zero attached hydrogens (tertiary/aromatic N) is 5. The lowest BCUT2D eigenvalue weighted by molar-refractivity contribution is -0.164. The van der Waals surface area contributed by atoms with Gasteiger partial charge in [0, 0.05) is 26.7 Å². The Morgan fingerprint density at radius 1 is 1.35 bits per heavy atom. The number of aromatic nitrogens is 4. The van der Waals surface area contributed by atoms with Crippen LogP contribution in [0.1, 0.15) is 12.8 Å². The summed E-state index contributed by atoms with van der Waals surface area (Å²) >= 11 is 0. The first-order valence-corrected chi connectivity index (χ1v) is 7.66. The Hall–Kier alpha value is -2.42. The number of amides is 1. The molecule has 2 aliphatic heterocycles. The maximum Gasteiger partial charge on any atom is 0.248 e. The summed E-state index contributed by atoms with van der Waals surface area (Å²) in [6.45, 7) is 2.38. The maximum absolute atomic E-state index is 11.6. The van der Waals surface area contributed by atoms with E-state index in [9.17, 15) is 4.79 Å². The molecule has 0 aliphatic carbocycles. The van der Waals surface area contributed by atoms with Crippen LogP contribution in [0.3, 0.4) is 0 Å². The first kappa shape index (κ1) is 14.2. The molecule has 0 bridgehead atoms. The number of morpholine rings is 1. The molecule has 4 rings (SSSR count). The van der Waals surface area contributed by atoms with Crippen LogP contribution in [0.4, 0.5) is 11.8 Å². The van der Waals surface area contributed by atoms with Crippen molar-refractivity contribution in [2.45, 2.75) is 18.4 Å². The molecule has 23 heavy (non-hydrogen) atoms. The van der Waals surface area contributed by atoms with E-state index < -0.39 is 0 Å². The van der Waals surface area contributed by atoms with Gasteiger partial charge in [0.15, 0.2) is 11.5 Å². The predicted molar refractivity (Wildman–Crippen MR) is 83.9 cm³/mol. The molecule has 0 atom stereocenters. The Kier molecular flexibility index (Phi) is 3.12. The van der Waals surface area contributed by atoms with Gasteiger partial charge in [-0.1, -0.05) is 0 Å². The minimum atomic E-state index is -0.245. The standard InChI is InChI=1S/C14H19N7O2/c1-20-7-14(23-6-9(20)22)2-4-21(5-3-14)12-10-11(17-8-16-10)18-13(15)19-12/h8H,2-7H2,1H3,(H3,15,16,17,18,19). The number of carbonyl (C=O) groups excluding carboxylic acids is 1. The van der Waals surface area contributed by atoms with Crippen molar-refractivity contribution in [1.29, 1.82) is 0 Å². The first-order chi connectivity index (χ1) is 11.1. The van der Waals surface area contributed by atoms with E-state index in [2.05, 4.69) is 24.8 Å². The van der Waals surface area contributed by atoms with Crippen molar-refractivity contribution in [3.63, 3.8) is 0 Å². The number of imidazole rings is 1. The highest BCUT2D eigenvalue weighted by molar-refractivity contribution is 5.84. The molecule has 0 saturated carbocycles. The number of hydrogen-bond acceptors (Lipinski definition) is 7. The van der Waals surface area contributed by atoms with Crippen molar-refractivity contribution in [2.75, 3.05) is 43.9 Å². The molecular weight excluding hydrogens is 298 g/mol. The number of likely N-dealkylation sites (N-methyl/N-ethyl adjacent to an activating group) is 1. The third kappa shape index (κ3) is 2.37. The summed E-state index contributed by atoms with van der Waals surface area (Å²) < 4.78 is 5.87. The predicted octanol–water partition coefficient (Wildman–Crippen LogP) is -0.237. The van der Waals surface area contributed by atoms with Crippen molar-refractivity contribution in [1.82, 2.24) is 24.8 Å². The summed E-state index contributed by atoms with van der Waals surface area (Å²) in [5.74, 6) is 1.04. The summed E-state index contributed by atoms with van der Waals surface area (Å²) in [6, 6.07) is 0. The first-order valence-electron chi connectivity index (χ1n) is 7.66. The highest BCUT2D eigenvalue weighted by Crippen LogP contribution is 2.33.